The molecule has 0 saturated heterocycles. The van der Waals surface area contributed by atoms with Crippen molar-refractivity contribution in [3.8, 4) is 0 Å². The van der Waals surface area contributed by atoms with Crippen LogP contribution in [0, 0.1) is 0 Å². The topological polar surface area (TPSA) is 130 Å². The van der Waals surface area contributed by atoms with Crippen LogP contribution >= 0.6 is 7.82 Å². The summed E-state index contributed by atoms with van der Waals surface area (Å²) in [5.41, 5.74) is 4.59. The van der Waals surface area contributed by atoms with Gasteiger partial charge in [-0.1, -0.05) is 0 Å². The van der Waals surface area contributed by atoms with Crippen molar-refractivity contribution in [3.05, 3.63) is 0 Å². The van der Waals surface area contributed by atoms with Crippen LogP contribution in [0.2, 0.25) is 0 Å². The van der Waals surface area contributed by atoms with Crippen LogP contribution in [0.4, 0.5) is 0 Å². The van der Waals surface area contributed by atoms with Crippen molar-refractivity contribution in [1.82, 2.24) is 0 Å². The smallest absolute Gasteiger partial charge is 0.471 e. The lowest BCUT2D eigenvalue weighted by atomic mass is 10.6. The fourth-order valence-corrected chi connectivity index (χ4v) is 0.579. The Morgan fingerprint density at radius 3 is 2.10 bits per heavy atom. The summed E-state index contributed by atoms with van der Waals surface area (Å²) in [6, 6.07) is 0. The van der Waals surface area contributed by atoms with E-state index in [1.54, 1.807) is 0 Å². The third kappa shape index (κ3) is 4.42. The van der Waals surface area contributed by atoms with Gasteiger partial charge in [0.1, 0.15) is 0 Å². The summed E-state index contributed by atoms with van der Waals surface area (Å²) in [5, 5.41) is 7.95. The molecule has 0 rings (SSSR count). The lowest BCUT2D eigenvalue weighted by molar-refractivity contribution is -0.145. The maximum absolute atomic E-state index is 9.88. The molecule has 0 spiro atoms. The summed E-state index contributed by atoms with van der Waals surface area (Å²) in [4.78, 5) is 25.7. The molecule has 0 amide bonds. The average molecular weight is 171 g/mol. The Morgan fingerprint density at radius 2 is 2.00 bits per heavy atom. The van der Waals surface area contributed by atoms with E-state index in [0.717, 1.165) is 0 Å². The van der Waals surface area contributed by atoms with Gasteiger partial charge in [0, 0.05) is 0 Å². The molecule has 10 heavy (non-hydrogen) atoms. The van der Waals surface area contributed by atoms with Crippen molar-refractivity contribution in [1.29, 1.82) is 0 Å². The van der Waals surface area contributed by atoms with Crippen LogP contribution in [0.15, 0.2) is 0 Å². The molecule has 0 heterocycles. The molecule has 7 nitrogen and oxygen atoms in total. The molecular formula is C2H6NO6P. The first-order valence-corrected chi connectivity index (χ1v) is 3.58. The second kappa shape index (κ2) is 3.09. The molecule has 0 radical (unpaired) electrons. The van der Waals surface area contributed by atoms with Gasteiger partial charge in [0.15, 0.2) is 0 Å². The highest BCUT2D eigenvalue weighted by atomic mass is 31.2. The van der Waals surface area contributed by atoms with Gasteiger partial charge in [-0.25, -0.2) is 9.36 Å². The predicted molar refractivity (Wildman–Crippen MR) is 28.7 cm³/mol. The summed E-state index contributed by atoms with van der Waals surface area (Å²) in [7, 11) is -4.78. The quantitative estimate of drug-likeness (QED) is 0.299. The number of carboxylic acid groups (broad SMARTS) is 1. The zero-order valence-corrected chi connectivity index (χ0v) is 5.56. The average Bonchev–Trinajstić information content (AvgIpc) is 1.60. The zero-order chi connectivity index (χ0) is 8.36. The van der Waals surface area contributed by atoms with Crippen LogP contribution in [0.1, 0.15) is 0 Å². The summed E-state index contributed by atoms with van der Waals surface area (Å²) < 4.78 is 13.4. The van der Waals surface area contributed by atoms with Crippen LogP contribution in [0.3, 0.4) is 0 Å². The Balaban J connectivity index is 3.93. The van der Waals surface area contributed by atoms with Crippen LogP contribution in [0.25, 0.3) is 0 Å². The molecule has 0 saturated carbocycles. The van der Waals surface area contributed by atoms with Gasteiger partial charge in [-0.15, -0.1) is 0 Å². The number of phosphoric ester groups is 1. The van der Waals surface area contributed by atoms with Gasteiger partial charge < -0.3 is 14.9 Å². The first-order chi connectivity index (χ1) is 4.33. The number of rotatable bonds is 3. The predicted octanol–water partition coefficient (Wildman–Crippen LogP) is -1.53. The molecule has 0 aromatic rings. The maximum Gasteiger partial charge on any atom is 0.471 e. The van der Waals surface area contributed by atoms with Gasteiger partial charge in [0.25, 0.3) is 0 Å². The lowest BCUT2D eigenvalue weighted by Gasteiger charge is -2.07. The number of hydrogen-bond acceptors (Lipinski definition) is 4. The Bertz CT molecular complexity index is 173. The van der Waals surface area contributed by atoms with E-state index in [2.05, 4.69) is 10.3 Å². The molecule has 5 N–H and O–H groups in total. The van der Waals surface area contributed by atoms with Crippen LogP contribution in [-0.2, 0) is 13.9 Å². The summed E-state index contributed by atoms with van der Waals surface area (Å²) in [6.07, 6.45) is -1.99. The van der Waals surface area contributed by atoms with E-state index < -0.39 is 20.0 Å². The largest absolute Gasteiger partial charge is 0.478 e. The highest BCUT2D eigenvalue weighted by molar-refractivity contribution is 7.46. The van der Waals surface area contributed by atoms with E-state index in [1.165, 1.54) is 0 Å². The van der Waals surface area contributed by atoms with E-state index in [0.29, 0.717) is 0 Å². The molecule has 8 heteroatoms. The lowest BCUT2D eigenvalue weighted by Crippen LogP contribution is -2.31. The fourth-order valence-electron chi connectivity index (χ4n) is 0.193. The molecule has 0 bridgehead atoms. The maximum atomic E-state index is 9.88. The SMILES string of the molecule is NC(OP(=O)(O)O)C(=O)O. The number of nitrogens with two attached hydrogens (primary N) is 1. The number of aliphatic carboxylic acids is 1. The molecule has 0 aromatic carbocycles. The number of carbonyl (C=O) groups is 1. The molecule has 0 fully saturated rings. The summed E-state index contributed by atoms with van der Waals surface area (Å²) in [6.45, 7) is 0. The first-order valence-electron chi connectivity index (χ1n) is 2.05. The van der Waals surface area contributed by atoms with Crippen molar-refractivity contribution < 1.29 is 28.8 Å². The zero-order valence-electron chi connectivity index (χ0n) is 4.67. The molecule has 0 aliphatic heterocycles. The van der Waals surface area contributed by atoms with Gasteiger partial charge in [-0.2, -0.15) is 0 Å². The van der Waals surface area contributed by atoms with Crippen LogP contribution in [-0.4, -0.2) is 27.1 Å². The highest BCUT2D eigenvalue weighted by Crippen LogP contribution is 2.36. The second-order valence-electron chi connectivity index (χ2n) is 1.35. The Hall–Kier alpha value is -0.460. The van der Waals surface area contributed by atoms with E-state index in [1.807, 2.05) is 0 Å². The van der Waals surface area contributed by atoms with E-state index >= 15 is 0 Å². The number of phosphoric acid groups is 1. The molecule has 0 aliphatic rings. The van der Waals surface area contributed by atoms with Crippen molar-refractivity contribution >= 4 is 13.8 Å². The second-order valence-corrected chi connectivity index (χ2v) is 2.55. The highest BCUT2D eigenvalue weighted by Gasteiger charge is 2.23. The van der Waals surface area contributed by atoms with Crippen molar-refractivity contribution in [3.63, 3.8) is 0 Å². The third-order valence-corrected chi connectivity index (χ3v) is 0.996. The molecule has 60 valence electrons. The summed E-state index contributed by atoms with van der Waals surface area (Å²) in [5.74, 6) is -1.64. The molecule has 1 unspecified atom stereocenters. The minimum atomic E-state index is -4.78. The van der Waals surface area contributed by atoms with E-state index in [-0.39, 0.29) is 0 Å². The Kier molecular flexibility index (Phi) is 2.95. The van der Waals surface area contributed by atoms with Crippen molar-refractivity contribution in [2.75, 3.05) is 0 Å². The Morgan fingerprint density at radius 1 is 1.60 bits per heavy atom. The fraction of sp³-hybridized carbons (Fsp3) is 0.500. The molecule has 0 aromatic heterocycles. The van der Waals surface area contributed by atoms with Crippen LogP contribution in [0.5, 0.6) is 0 Å². The number of carboxylic acids is 1. The number of hydrogen-bond donors (Lipinski definition) is 4. The normalized spacial score (nSPS) is 14.7. The standard InChI is InChI=1S/C2H6NO6P/c3-1(2(4)5)9-10(6,7)8/h1H,3H2,(H,4,5)(H2,6,7,8). The molecule has 1 atom stereocenters. The Labute approximate surface area is 55.7 Å². The van der Waals surface area contributed by atoms with E-state index in [9.17, 15) is 9.36 Å². The first kappa shape index (κ1) is 9.54. The van der Waals surface area contributed by atoms with Crippen LogP contribution < -0.4 is 5.73 Å². The summed E-state index contributed by atoms with van der Waals surface area (Å²) >= 11 is 0. The minimum Gasteiger partial charge on any atom is -0.478 e. The monoisotopic (exact) mass is 171 g/mol. The van der Waals surface area contributed by atoms with Crippen molar-refractivity contribution in [2.24, 2.45) is 5.73 Å². The van der Waals surface area contributed by atoms with Crippen molar-refractivity contribution in [2.45, 2.75) is 6.23 Å². The van der Waals surface area contributed by atoms with Gasteiger partial charge >= 0.3 is 13.8 Å². The third-order valence-electron chi connectivity index (χ3n) is 0.494. The van der Waals surface area contributed by atoms with Gasteiger partial charge in [0.05, 0.1) is 0 Å². The van der Waals surface area contributed by atoms with Gasteiger partial charge in [-0.3, -0.25) is 10.3 Å². The van der Waals surface area contributed by atoms with Gasteiger partial charge in [0.2, 0.25) is 6.23 Å². The van der Waals surface area contributed by atoms with Gasteiger partial charge in [-0.05, 0) is 0 Å². The molecular weight excluding hydrogens is 165 g/mol. The van der Waals surface area contributed by atoms with E-state index in [4.69, 9.17) is 14.9 Å². The minimum absolute atomic E-state index is 1.64. The molecule has 0 aliphatic carbocycles.